The number of amides is 1. The second-order valence-electron chi connectivity index (χ2n) is 6.65. The Bertz CT molecular complexity index is 788. The van der Waals surface area contributed by atoms with E-state index in [-0.39, 0.29) is 24.2 Å². The van der Waals surface area contributed by atoms with Gasteiger partial charge in [-0.3, -0.25) is 4.79 Å². The highest BCUT2D eigenvalue weighted by Crippen LogP contribution is 2.23. The van der Waals surface area contributed by atoms with E-state index in [1.807, 2.05) is 13.0 Å². The standard InChI is InChI=1S/C20H25NO4/c1-2-14-11-20(23)25-18-12-16(9-10-17(14)18)24-13-19(22)21-15-7-5-3-4-6-8-15/h9-12,15H,2-8,13H2,1H3,(H,21,22). The van der Waals surface area contributed by atoms with E-state index >= 15 is 0 Å². The molecule has 1 saturated carbocycles. The molecule has 0 spiro atoms. The highest BCUT2D eigenvalue weighted by atomic mass is 16.5. The number of nitrogens with one attached hydrogen (secondary N) is 1. The summed E-state index contributed by atoms with van der Waals surface area (Å²) >= 11 is 0. The summed E-state index contributed by atoms with van der Waals surface area (Å²) in [6.07, 6.45) is 7.71. The first-order valence-corrected chi connectivity index (χ1v) is 9.14. The van der Waals surface area contributed by atoms with Crippen molar-refractivity contribution in [3.63, 3.8) is 0 Å². The fraction of sp³-hybridized carbons (Fsp3) is 0.500. The fourth-order valence-electron chi connectivity index (χ4n) is 3.43. The lowest BCUT2D eigenvalue weighted by Gasteiger charge is -2.16. The highest BCUT2D eigenvalue weighted by molar-refractivity contribution is 5.82. The van der Waals surface area contributed by atoms with Crippen LogP contribution in [0.2, 0.25) is 0 Å². The minimum atomic E-state index is -0.368. The van der Waals surface area contributed by atoms with Gasteiger partial charge in [0.1, 0.15) is 11.3 Å². The van der Waals surface area contributed by atoms with Gasteiger partial charge in [0.2, 0.25) is 0 Å². The van der Waals surface area contributed by atoms with E-state index in [2.05, 4.69) is 5.32 Å². The Labute approximate surface area is 147 Å². The summed E-state index contributed by atoms with van der Waals surface area (Å²) in [5, 5.41) is 3.96. The summed E-state index contributed by atoms with van der Waals surface area (Å²) in [4.78, 5) is 23.7. The molecular formula is C20H25NO4. The van der Waals surface area contributed by atoms with Crippen LogP contribution in [0.4, 0.5) is 0 Å². The third-order valence-electron chi connectivity index (χ3n) is 4.77. The summed E-state index contributed by atoms with van der Waals surface area (Å²) in [6.45, 7) is 1.97. The Morgan fingerprint density at radius 3 is 2.68 bits per heavy atom. The molecule has 0 radical (unpaired) electrons. The van der Waals surface area contributed by atoms with Crippen LogP contribution in [0.5, 0.6) is 5.75 Å². The topological polar surface area (TPSA) is 68.5 Å². The summed E-state index contributed by atoms with van der Waals surface area (Å²) in [5.41, 5.74) is 1.07. The summed E-state index contributed by atoms with van der Waals surface area (Å²) in [7, 11) is 0. The highest BCUT2D eigenvalue weighted by Gasteiger charge is 2.15. The summed E-state index contributed by atoms with van der Waals surface area (Å²) < 4.78 is 10.8. The third-order valence-corrected chi connectivity index (χ3v) is 4.77. The average Bonchev–Trinajstić information content (AvgIpc) is 2.87. The normalized spacial score (nSPS) is 15.7. The number of fused-ring (bicyclic) bond motifs is 1. The summed E-state index contributed by atoms with van der Waals surface area (Å²) in [6, 6.07) is 7.13. The smallest absolute Gasteiger partial charge is 0.336 e. The molecule has 5 nitrogen and oxygen atoms in total. The van der Waals surface area contributed by atoms with E-state index in [4.69, 9.17) is 9.15 Å². The van der Waals surface area contributed by atoms with Crippen molar-refractivity contribution in [3.05, 3.63) is 40.2 Å². The molecule has 0 atom stereocenters. The first-order chi connectivity index (χ1) is 12.2. The zero-order valence-electron chi connectivity index (χ0n) is 14.7. The minimum Gasteiger partial charge on any atom is -0.484 e. The van der Waals surface area contributed by atoms with Gasteiger partial charge < -0.3 is 14.5 Å². The molecule has 1 heterocycles. The Kier molecular flexibility index (Phi) is 5.74. The van der Waals surface area contributed by atoms with Gasteiger partial charge in [-0.25, -0.2) is 4.79 Å². The van der Waals surface area contributed by atoms with Crippen molar-refractivity contribution in [2.24, 2.45) is 0 Å². The zero-order valence-corrected chi connectivity index (χ0v) is 14.7. The van der Waals surface area contributed by atoms with Crippen molar-refractivity contribution >= 4 is 16.9 Å². The van der Waals surface area contributed by atoms with Crippen molar-refractivity contribution in [3.8, 4) is 5.75 Å². The number of ether oxygens (including phenoxy) is 1. The molecule has 1 aliphatic rings. The predicted octanol–water partition coefficient (Wildman–Crippen LogP) is 3.57. The van der Waals surface area contributed by atoms with Gasteiger partial charge in [-0.2, -0.15) is 0 Å². The molecule has 2 aromatic rings. The van der Waals surface area contributed by atoms with Crippen LogP contribution in [-0.4, -0.2) is 18.6 Å². The number of carbonyl (C=O) groups excluding carboxylic acids is 1. The molecule has 5 heteroatoms. The Morgan fingerprint density at radius 1 is 1.20 bits per heavy atom. The van der Waals surface area contributed by atoms with Gasteiger partial charge in [-0.15, -0.1) is 0 Å². The number of benzene rings is 1. The van der Waals surface area contributed by atoms with Crippen LogP contribution in [0.3, 0.4) is 0 Å². The molecule has 0 saturated heterocycles. The van der Waals surface area contributed by atoms with Gasteiger partial charge in [0.05, 0.1) is 0 Å². The van der Waals surface area contributed by atoms with Crippen LogP contribution < -0.4 is 15.7 Å². The maximum Gasteiger partial charge on any atom is 0.336 e. The van der Waals surface area contributed by atoms with Gasteiger partial charge >= 0.3 is 5.63 Å². The van der Waals surface area contributed by atoms with Crippen LogP contribution in [0.25, 0.3) is 11.0 Å². The third kappa shape index (κ3) is 4.62. The molecular weight excluding hydrogens is 318 g/mol. The largest absolute Gasteiger partial charge is 0.484 e. The first kappa shape index (κ1) is 17.5. The van der Waals surface area contributed by atoms with Gasteiger partial charge in [0.25, 0.3) is 5.91 Å². The number of hydrogen-bond donors (Lipinski definition) is 1. The summed E-state index contributed by atoms with van der Waals surface area (Å²) in [5.74, 6) is 0.427. The van der Waals surface area contributed by atoms with Crippen LogP contribution in [0.15, 0.2) is 33.5 Å². The van der Waals surface area contributed by atoms with E-state index in [0.717, 1.165) is 30.2 Å². The SMILES string of the molecule is CCc1cc(=O)oc2cc(OCC(=O)NC3CCCCCC3)ccc12. The molecule has 1 amide bonds. The molecule has 1 fully saturated rings. The number of carbonyl (C=O) groups is 1. The predicted molar refractivity (Wildman–Crippen MR) is 97.0 cm³/mol. The molecule has 1 N–H and O–H groups in total. The van der Waals surface area contributed by atoms with Gasteiger partial charge in [0, 0.05) is 23.6 Å². The zero-order chi connectivity index (χ0) is 17.6. The Balaban J connectivity index is 1.62. The van der Waals surface area contributed by atoms with Crippen molar-refractivity contribution in [2.45, 2.75) is 57.9 Å². The first-order valence-electron chi connectivity index (χ1n) is 9.14. The molecule has 0 unspecified atom stereocenters. The van der Waals surface area contributed by atoms with Crippen LogP contribution in [0, 0.1) is 0 Å². The molecule has 25 heavy (non-hydrogen) atoms. The average molecular weight is 343 g/mol. The van der Waals surface area contributed by atoms with Crippen molar-refractivity contribution in [1.82, 2.24) is 5.32 Å². The number of aryl methyl sites for hydroxylation is 1. The number of hydrogen-bond acceptors (Lipinski definition) is 4. The van der Waals surface area contributed by atoms with Gasteiger partial charge in [-0.1, -0.05) is 32.6 Å². The monoisotopic (exact) mass is 343 g/mol. The van der Waals surface area contributed by atoms with E-state index < -0.39 is 0 Å². The van der Waals surface area contributed by atoms with Crippen LogP contribution >= 0.6 is 0 Å². The molecule has 1 aromatic heterocycles. The molecule has 3 rings (SSSR count). The van der Waals surface area contributed by atoms with Crippen molar-refractivity contribution < 1.29 is 13.9 Å². The lowest BCUT2D eigenvalue weighted by Crippen LogP contribution is -2.37. The lowest BCUT2D eigenvalue weighted by molar-refractivity contribution is -0.123. The molecule has 1 aliphatic carbocycles. The van der Waals surface area contributed by atoms with Crippen LogP contribution in [0.1, 0.15) is 51.0 Å². The second kappa shape index (κ2) is 8.19. The van der Waals surface area contributed by atoms with Crippen molar-refractivity contribution in [1.29, 1.82) is 0 Å². The van der Waals surface area contributed by atoms with E-state index in [9.17, 15) is 9.59 Å². The van der Waals surface area contributed by atoms with E-state index in [1.54, 1.807) is 12.1 Å². The Hall–Kier alpha value is -2.30. The molecule has 0 aliphatic heterocycles. The Morgan fingerprint density at radius 2 is 1.96 bits per heavy atom. The van der Waals surface area contributed by atoms with E-state index in [1.165, 1.54) is 31.7 Å². The van der Waals surface area contributed by atoms with Gasteiger partial charge in [-0.05, 0) is 37.0 Å². The fourth-order valence-corrected chi connectivity index (χ4v) is 3.43. The molecule has 1 aromatic carbocycles. The number of rotatable bonds is 5. The molecule has 0 bridgehead atoms. The maximum atomic E-state index is 12.1. The van der Waals surface area contributed by atoms with E-state index in [0.29, 0.717) is 11.3 Å². The maximum absolute atomic E-state index is 12.1. The lowest BCUT2D eigenvalue weighted by atomic mass is 10.1. The van der Waals surface area contributed by atoms with Crippen molar-refractivity contribution in [2.75, 3.05) is 6.61 Å². The van der Waals surface area contributed by atoms with Crippen LogP contribution in [-0.2, 0) is 11.2 Å². The second-order valence-corrected chi connectivity index (χ2v) is 6.65. The molecule has 134 valence electrons. The quantitative estimate of drug-likeness (QED) is 0.665. The minimum absolute atomic E-state index is 0.0281. The van der Waals surface area contributed by atoms with Gasteiger partial charge in [0.15, 0.2) is 6.61 Å².